The second-order valence-electron chi connectivity index (χ2n) is 40.4. The number of hydrogen-bond acceptors (Lipinski definition) is 20. The maximum Gasteiger partial charge on any atom is 0.0683 e. The Morgan fingerprint density at radius 1 is 0.429 bits per heavy atom. The molecule has 20 nitrogen and oxygen atoms in total. The zero-order chi connectivity index (χ0) is 88.3. The normalized spacial score (nSPS) is 25.5. The highest BCUT2D eigenvalue weighted by molar-refractivity contribution is 5.11. The minimum atomic E-state index is -0.174. The van der Waals surface area contributed by atoms with Crippen LogP contribution in [0.2, 0.25) is 0 Å². The minimum Gasteiger partial charge on any atom is -0.395 e. The quantitative estimate of drug-likeness (QED) is 0.0365. The van der Waals surface area contributed by atoms with Crippen molar-refractivity contribution in [1.29, 1.82) is 0 Å². The predicted octanol–water partition coefficient (Wildman–Crippen LogP) is 15.7. The van der Waals surface area contributed by atoms with E-state index in [0.717, 1.165) is 116 Å². The van der Waals surface area contributed by atoms with Crippen molar-refractivity contribution in [3.05, 3.63) is 0 Å². The Morgan fingerprint density at radius 2 is 0.958 bits per heavy atom. The molecule has 0 bridgehead atoms. The number of nitrogens with zero attached hydrogens (tertiary/aromatic N) is 11. The molecule has 9 heterocycles. The van der Waals surface area contributed by atoms with Gasteiger partial charge in [-0.2, -0.15) is 0 Å². The van der Waals surface area contributed by atoms with Crippen molar-refractivity contribution in [2.45, 2.75) is 423 Å². The summed E-state index contributed by atoms with van der Waals surface area (Å²) in [7, 11) is 13.9. The second-order valence-corrected chi connectivity index (χ2v) is 40.4. The number of methoxy groups -OCH3 is 4. The van der Waals surface area contributed by atoms with Crippen LogP contribution in [0.25, 0.3) is 0 Å². The third-order valence-corrected chi connectivity index (χ3v) is 31.6. The van der Waals surface area contributed by atoms with Gasteiger partial charge in [0.15, 0.2) is 0 Å². The van der Waals surface area contributed by atoms with E-state index in [2.05, 4.69) is 198 Å². The summed E-state index contributed by atoms with van der Waals surface area (Å²) in [6.07, 6.45) is 43.1. The van der Waals surface area contributed by atoms with E-state index in [1.54, 1.807) is 28.4 Å². The Morgan fingerprint density at radius 3 is 1.43 bits per heavy atom. The molecule has 9 aliphatic heterocycles. The van der Waals surface area contributed by atoms with E-state index in [9.17, 15) is 20.4 Å². The number of aliphatic hydroxyl groups excluding tert-OH is 4. The first-order valence-corrected chi connectivity index (χ1v) is 50.4. The zero-order valence-electron chi connectivity index (χ0n) is 83.3. The van der Waals surface area contributed by atoms with Gasteiger partial charge in [-0.25, -0.2) is 0 Å². The van der Waals surface area contributed by atoms with Crippen LogP contribution in [0.15, 0.2) is 0 Å². The lowest BCUT2D eigenvalue weighted by Gasteiger charge is -2.52. The van der Waals surface area contributed by atoms with Crippen molar-refractivity contribution in [3.63, 3.8) is 0 Å². The van der Waals surface area contributed by atoms with Crippen LogP contribution in [0.1, 0.15) is 336 Å². The van der Waals surface area contributed by atoms with E-state index >= 15 is 0 Å². The highest BCUT2D eigenvalue weighted by atomic mass is 16.5. The largest absolute Gasteiger partial charge is 0.395 e. The molecule has 9 rings (SSSR count). The molecule has 0 aromatic heterocycles. The molecule has 0 aliphatic carbocycles. The third-order valence-electron chi connectivity index (χ3n) is 31.6. The monoisotopic (exact) mass is 1690 g/mol. The fraction of sp³-hybridized carbons (Fsp3) is 1.00. The number of β-amino-alcohol motifs (C(OH)–C–C–N with tert-alkyl or cyclic N) is 4. The Labute approximate surface area is 737 Å². The van der Waals surface area contributed by atoms with E-state index < -0.39 is 0 Å². The Bertz CT molecular complexity index is 2470. The number of likely N-dealkylation sites (N-methyl/N-ethyl adjacent to an activating group) is 3. The lowest BCUT2D eigenvalue weighted by Crippen LogP contribution is -2.63. The Hall–Kier alpha value is -0.800. The number of rotatable bonds is 48. The van der Waals surface area contributed by atoms with Gasteiger partial charge in [0.05, 0.1) is 39.1 Å². The van der Waals surface area contributed by atoms with Crippen LogP contribution >= 0.6 is 0 Å². The van der Waals surface area contributed by atoms with Gasteiger partial charge < -0.3 is 44.7 Å². The van der Waals surface area contributed by atoms with Crippen molar-refractivity contribution in [3.8, 4) is 0 Å². The maximum atomic E-state index is 10.3. The smallest absolute Gasteiger partial charge is 0.0683 e. The van der Waals surface area contributed by atoms with Gasteiger partial charge in [-0.15, -0.1) is 0 Å². The van der Waals surface area contributed by atoms with Gasteiger partial charge in [0.25, 0.3) is 0 Å². The molecule has 119 heavy (non-hydrogen) atoms. The number of hydrogen-bond donors (Lipinski definition) is 5. The van der Waals surface area contributed by atoms with Crippen LogP contribution in [-0.4, -0.2) is 375 Å². The van der Waals surface area contributed by atoms with Crippen LogP contribution in [0.3, 0.4) is 0 Å². The maximum absolute atomic E-state index is 10.3. The molecule has 9 fully saturated rings. The number of unbranched alkanes of at least 4 members (excludes halogenated alkanes) is 4. The third kappa shape index (κ3) is 31.2. The van der Waals surface area contributed by atoms with Gasteiger partial charge in [0.2, 0.25) is 0 Å². The van der Waals surface area contributed by atoms with Crippen molar-refractivity contribution in [2.75, 3.05) is 214 Å². The highest BCUT2D eigenvalue weighted by Crippen LogP contribution is 2.46. The highest BCUT2D eigenvalue weighted by Gasteiger charge is 2.54. The number of likely N-dealkylation sites (tertiary alicyclic amines) is 8. The minimum absolute atomic E-state index is 0.0655. The first-order valence-electron chi connectivity index (χ1n) is 50.4. The fourth-order valence-corrected chi connectivity index (χ4v) is 24.9. The van der Waals surface area contributed by atoms with Crippen molar-refractivity contribution in [1.82, 2.24) is 59.2 Å². The van der Waals surface area contributed by atoms with Crippen LogP contribution in [0.4, 0.5) is 0 Å². The van der Waals surface area contributed by atoms with E-state index in [1.165, 1.54) is 258 Å². The van der Waals surface area contributed by atoms with E-state index in [0.29, 0.717) is 59.4 Å². The summed E-state index contributed by atoms with van der Waals surface area (Å²) < 4.78 is 21.5. The van der Waals surface area contributed by atoms with Gasteiger partial charge in [-0.1, -0.05) is 121 Å². The summed E-state index contributed by atoms with van der Waals surface area (Å²) in [5.74, 6) is 0.513. The standard InChI is InChI=1S/C21H44N2O2.C18H38N2O3.C18H38N2O.C17H34N2O.C14H28N2O.C11H22N2/c1-6-8-9-10-11-19-12-13-20(23(19)15-17-25)21(7-2,18(3)4)22(5)14-16-24;1-6-11-20-12-7-8-17(20)18(9-14-21-3,10-15-22-4)19(2)13-16-23-5;1-8-11-12-18(9-2,19(7)10-3)16-13-15(21)14-20(16)17(4,5)6;1-3-9-17(10-4-2,19-12-5-6-13-19)16-8-7-11-18(16)14-15-20;1-14(2,16-9-4-5-10-16)13-7-6-8-15(13)11-12-17-3;1-11(2,10-6-5-7-12-10)13-8-3-4-9-13/h18-20,24-25H,6-17H2,1-5H3;17H,6-16H2,1-5H3;15-16,21H,8-14H2,1-7H3;16,20H,3-15H2,1-2H3;13H,4-12H2,1-3H3;10,12H,3-9H2,1-2H3. The van der Waals surface area contributed by atoms with Crippen molar-refractivity contribution >= 4 is 0 Å². The molecule has 0 radical (unpaired) electrons. The molecule has 0 aromatic carbocycles. The summed E-state index contributed by atoms with van der Waals surface area (Å²) in [5, 5.41) is 42.5. The average molecular weight is 1690 g/mol. The zero-order valence-corrected chi connectivity index (χ0v) is 83.3. The number of aliphatic hydroxyl groups is 4. The average Bonchev–Trinajstić information content (AvgIpc) is 1.77. The summed E-state index contributed by atoms with van der Waals surface area (Å²) in [4.78, 5) is 28.7. The molecule has 0 amide bonds. The Balaban J connectivity index is 0.000000303. The van der Waals surface area contributed by atoms with Gasteiger partial charge in [-0.3, -0.25) is 53.9 Å². The number of nitrogens with one attached hydrogen (secondary N) is 1. The summed E-state index contributed by atoms with van der Waals surface area (Å²) in [6.45, 7) is 63.7. The van der Waals surface area contributed by atoms with Crippen LogP contribution in [-0.2, 0) is 18.9 Å². The molecular formula is C99H204N12O8. The van der Waals surface area contributed by atoms with Crippen LogP contribution < -0.4 is 5.32 Å². The first-order chi connectivity index (χ1) is 57.0. The SMILES string of the molecule is CC(C)(C1CCCN1)N1CCCC1.CCCC(CCC)(C1CCCN1CCO)N1CCCC1.CCCCC(CC)(C1CC(O)CN1C(C)(C)C)N(C)CC.CCCCCCC1CCC(C(CC)(C(C)C)N(C)CCO)N1CCO.CCCN1CCCC1C(CCOC)(CCOC)N(C)CCOC.COCCN1CCCC1C(C)(C)N1CCCC1. The molecule has 5 N–H and O–H groups in total. The molecule has 9 aliphatic rings. The first kappa shape index (κ1) is 111. The van der Waals surface area contributed by atoms with Crippen molar-refractivity contribution < 1.29 is 39.4 Å². The van der Waals surface area contributed by atoms with Gasteiger partial charge in [0, 0.05) is 162 Å². The molecule has 0 aromatic rings. The lowest BCUT2D eigenvalue weighted by molar-refractivity contribution is -0.0310. The molecule has 10 atom stereocenters. The lowest BCUT2D eigenvalue weighted by atomic mass is 9.75. The predicted molar refractivity (Wildman–Crippen MR) is 506 cm³/mol. The molecule has 708 valence electrons. The van der Waals surface area contributed by atoms with Gasteiger partial charge >= 0.3 is 0 Å². The van der Waals surface area contributed by atoms with Crippen LogP contribution in [0.5, 0.6) is 0 Å². The second kappa shape index (κ2) is 58.0. The molecule has 0 spiro atoms. The Kier molecular flexibility index (Phi) is 53.9. The van der Waals surface area contributed by atoms with Gasteiger partial charge in [-0.05, 0) is 321 Å². The molecular weight excluding hydrogens is 1490 g/mol. The van der Waals surface area contributed by atoms with E-state index in [-0.39, 0.29) is 41.5 Å². The topological polar surface area (TPSA) is 166 Å². The summed E-state index contributed by atoms with van der Waals surface area (Å²) >= 11 is 0. The van der Waals surface area contributed by atoms with Crippen molar-refractivity contribution in [2.24, 2.45) is 5.92 Å². The van der Waals surface area contributed by atoms with Crippen LogP contribution in [0, 0.1) is 5.92 Å². The fourth-order valence-electron chi connectivity index (χ4n) is 24.9. The number of ether oxygens (including phenoxy) is 4. The molecule has 10 unspecified atom stereocenters. The van der Waals surface area contributed by atoms with E-state index in [1.807, 2.05) is 0 Å². The molecule has 9 saturated heterocycles. The summed E-state index contributed by atoms with van der Waals surface area (Å²) in [5.41, 5.74) is 1.56. The molecule has 20 heteroatoms. The summed E-state index contributed by atoms with van der Waals surface area (Å²) in [6, 6.07) is 4.23. The van der Waals surface area contributed by atoms with Gasteiger partial charge in [0.1, 0.15) is 0 Å². The molecule has 0 saturated carbocycles. The van der Waals surface area contributed by atoms with E-state index in [4.69, 9.17) is 18.9 Å².